The molecule has 0 unspecified atom stereocenters. The summed E-state index contributed by atoms with van der Waals surface area (Å²) in [7, 11) is 0. The maximum Gasteiger partial charge on any atom is 0.122 e. The summed E-state index contributed by atoms with van der Waals surface area (Å²) in [6.07, 6.45) is 2.25. The lowest BCUT2D eigenvalue weighted by Gasteiger charge is -2.26. The van der Waals surface area contributed by atoms with Crippen LogP contribution in [0.4, 0.5) is 0 Å². The Kier molecular flexibility index (Phi) is 7.24. The van der Waals surface area contributed by atoms with E-state index in [1.54, 1.807) is 0 Å². The molecule has 1 aromatic rings. The second kappa shape index (κ2) is 8.43. The highest BCUT2D eigenvalue weighted by Crippen LogP contribution is 2.27. The normalized spacial score (nSPS) is 12.0. The molecule has 0 atom stereocenters. The van der Waals surface area contributed by atoms with Crippen molar-refractivity contribution in [3.8, 4) is 5.75 Å². The predicted octanol–water partition coefficient (Wildman–Crippen LogP) is 4.60. The van der Waals surface area contributed by atoms with Crippen LogP contribution in [0, 0.1) is 18.3 Å². The molecule has 120 valence electrons. The van der Waals surface area contributed by atoms with Crippen molar-refractivity contribution in [1.82, 2.24) is 5.32 Å². The molecule has 0 radical (unpaired) electrons. The van der Waals surface area contributed by atoms with Crippen LogP contribution in [0.25, 0.3) is 0 Å². The number of hydrogen-bond acceptors (Lipinski definition) is 2. The lowest BCUT2D eigenvalue weighted by atomic mass is 9.85. The summed E-state index contributed by atoms with van der Waals surface area (Å²) in [6.45, 7) is 16.3. The van der Waals surface area contributed by atoms with E-state index in [0.29, 0.717) is 11.3 Å². The molecule has 0 spiro atoms. The van der Waals surface area contributed by atoms with E-state index in [0.717, 1.165) is 31.9 Å². The first-order valence-corrected chi connectivity index (χ1v) is 8.27. The van der Waals surface area contributed by atoms with Crippen LogP contribution in [-0.2, 0) is 6.42 Å². The number of rotatable bonds is 9. The summed E-state index contributed by atoms with van der Waals surface area (Å²) in [5.41, 5.74) is 2.96. The summed E-state index contributed by atoms with van der Waals surface area (Å²) in [5, 5.41) is 3.58. The van der Waals surface area contributed by atoms with Gasteiger partial charge in [0, 0.05) is 6.54 Å². The van der Waals surface area contributed by atoms with Crippen molar-refractivity contribution in [2.24, 2.45) is 11.3 Å². The molecular formula is C19H33NO. The molecule has 1 rings (SSSR count). The van der Waals surface area contributed by atoms with E-state index < -0.39 is 0 Å². The minimum absolute atomic E-state index is 0.308. The summed E-state index contributed by atoms with van der Waals surface area (Å²) < 4.78 is 5.75. The van der Waals surface area contributed by atoms with Gasteiger partial charge in [0.2, 0.25) is 0 Å². The van der Waals surface area contributed by atoms with Gasteiger partial charge in [0.25, 0.3) is 0 Å². The Morgan fingerprint density at radius 3 is 2.57 bits per heavy atom. The van der Waals surface area contributed by atoms with Crippen LogP contribution in [-0.4, -0.2) is 19.7 Å². The average Bonchev–Trinajstić information content (AvgIpc) is 2.38. The zero-order valence-electron chi connectivity index (χ0n) is 14.8. The molecule has 0 bridgehead atoms. The quantitative estimate of drug-likeness (QED) is 0.718. The predicted molar refractivity (Wildman–Crippen MR) is 92.2 cm³/mol. The molecule has 0 amide bonds. The monoisotopic (exact) mass is 291 g/mol. The molecule has 1 N–H and O–H groups in total. The van der Waals surface area contributed by atoms with Gasteiger partial charge in [0.1, 0.15) is 5.75 Å². The van der Waals surface area contributed by atoms with Crippen LogP contribution in [0.2, 0.25) is 0 Å². The Bertz CT molecular complexity index is 424. The minimum Gasteiger partial charge on any atom is -0.494 e. The highest BCUT2D eigenvalue weighted by molar-refractivity contribution is 5.37. The molecule has 2 heteroatoms. The van der Waals surface area contributed by atoms with Gasteiger partial charge >= 0.3 is 0 Å². The van der Waals surface area contributed by atoms with Gasteiger partial charge in [0.05, 0.1) is 6.61 Å². The largest absolute Gasteiger partial charge is 0.494 e. The van der Waals surface area contributed by atoms with Crippen molar-refractivity contribution in [3.63, 3.8) is 0 Å². The molecule has 0 aliphatic heterocycles. The first-order valence-electron chi connectivity index (χ1n) is 8.27. The third-order valence-corrected chi connectivity index (χ3v) is 3.74. The number of hydrogen-bond donors (Lipinski definition) is 1. The lowest BCUT2D eigenvalue weighted by molar-refractivity contribution is 0.302. The Labute approximate surface area is 131 Å². The number of ether oxygens (including phenoxy) is 1. The van der Waals surface area contributed by atoms with Gasteiger partial charge in [-0.2, -0.15) is 0 Å². The van der Waals surface area contributed by atoms with Crippen LogP contribution in [0.5, 0.6) is 5.75 Å². The van der Waals surface area contributed by atoms with E-state index in [-0.39, 0.29) is 0 Å². The van der Waals surface area contributed by atoms with Crippen molar-refractivity contribution < 1.29 is 4.74 Å². The van der Waals surface area contributed by atoms with E-state index in [4.69, 9.17) is 4.74 Å². The van der Waals surface area contributed by atoms with Crippen LogP contribution < -0.4 is 10.1 Å². The summed E-state index contributed by atoms with van der Waals surface area (Å²) in [6, 6.07) is 6.50. The highest BCUT2D eigenvalue weighted by atomic mass is 16.5. The Balaban J connectivity index is 2.58. The first-order chi connectivity index (χ1) is 9.84. The second-order valence-electron chi connectivity index (χ2n) is 7.23. The maximum atomic E-state index is 5.75. The van der Waals surface area contributed by atoms with E-state index >= 15 is 0 Å². The van der Waals surface area contributed by atoms with Gasteiger partial charge in [-0.3, -0.25) is 0 Å². The topological polar surface area (TPSA) is 21.3 Å². The van der Waals surface area contributed by atoms with E-state index in [2.05, 4.69) is 58.1 Å². The maximum absolute atomic E-state index is 5.75. The van der Waals surface area contributed by atoms with Crippen LogP contribution >= 0.6 is 0 Å². The SMILES string of the molecule is CCOc1ccc(C)cc1CCC(C)(C)CNCC(C)C. The fraction of sp³-hybridized carbons (Fsp3) is 0.684. The van der Waals surface area contributed by atoms with E-state index in [9.17, 15) is 0 Å². The fourth-order valence-corrected chi connectivity index (χ4v) is 2.46. The molecule has 21 heavy (non-hydrogen) atoms. The molecule has 0 aliphatic carbocycles. The standard InChI is InChI=1S/C19H33NO/c1-7-21-18-9-8-16(4)12-17(18)10-11-19(5,6)14-20-13-15(2)3/h8-9,12,15,20H,7,10-11,13-14H2,1-6H3. The Morgan fingerprint density at radius 1 is 1.24 bits per heavy atom. The van der Waals surface area contributed by atoms with Gasteiger partial charge < -0.3 is 10.1 Å². The number of aryl methyl sites for hydroxylation is 2. The van der Waals surface area contributed by atoms with Gasteiger partial charge in [-0.15, -0.1) is 0 Å². The molecule has 0 fully saturated rings. The fourth-order valence-electron chi connectivity index (χ4n) is 2.46. The number of benzene rings is 1. The van der Waals surface area contributed by atoms with Crippen LogP contribution in [0.3, 0.4) is 0 Å². The minimum atomic E-state index is 0.308. The average molecular weight is 291 g/mol. The van der Waals surface area contributed by atoms with Gasteiger partial charge in [-0.1, -0.05) is 45.4 Å². The highest BCUT2D eigenvalue weighted by Gasteiger charge is 2.18. The van der Waals surface area contributed by atoms with E-state index in [1.807, 2.05) is 6.92 Å². The van der Waals surface area contributed by atoms with Crippen molar-refractivity contribution in [2.75, 3.05) is 19.7 Å². The molecule has 1 aromatic carbocycles. The summed E-state index contributed by atoms with van der Waals surface area (Å²) in [4.78, 5) is 0. The molecule has 2 nitrogen and oxygen atoms in total. The zero-order chi connectivity index (χ0) is 15.9. The van der Waals surface area contributed by atoms with Crippen molar-refractivity contribution in [1.29, 1.82) is 0 Å². The summed E-state index contributed by atoms with van der Waals surface area (Å²) in [5.74, 6) is 1.76. The van der Waals surface area contributed by atoms with Gasteiger partial charge in [-0.05, 0) is 56.2 Å². The smallest absolute Gasteiger partial charge is 0.122 e. The number of nitrogens with one attached hydrogen (secondary N) is 1. The first kappa shape index (κ1) is 18.0. The van der Waals surface area contributed by atoms with Crippen molar-refractivity contribution >= 4 is 0 Å². The van der Waals surface area contributed by atoms with Crippen LogP contribution in [0.1, 0.15) is 52.2 Å². The third-order valence-electron chi connectivity index (χ3n) is 3.74. The second-order valence-corrected chi connectivity index (χ2v) is 7.23. The summed E-state index contributed by atoms with van der Waals surface area (Å²) >= 11 is 0. The van der Waals surface area contributed by atoms with E-state index in [1.165, 1.54) is 17.5 Å². The van der Waals surface area contributed by atoms with Crippen molar-refractivity contribution in [3.05, 3.63) is 29.3 Å². The van der Waals surface area contributed by atoms with Crippen LogP contribution in [0.15, 0.2) is 18.2 Å². The van der Waals surface area contributed by atoms with Gasteiger partial charge in [0.15, 0.2) is 0 Å². The molecular weight excluding hydrogens is 258 g/mol. The molecule has 0 saturated heterocycles. The Hall–Kier alpha value is -1.02. The lowest BCUT2D eigenvalue weighted by Crippen LogP contribution is -2.32. The van der Waals surface area contributed by atoms with Gasteiger partial charge in [-0.25, -0.2) is 0 Å². The third kappa shape index (κ3) is 6.99. The molecule has 0 heterocycles. The van der Waals surface area contributed by atoms with Crippen molar-refractivity contribution in [2.45, 2.75) is 54.4 Å². The molecule has 0 saturated carbocycles. The zero-order valence-corrected chi connectivity index (χ0v) is 14.8. The Morgan fingerprint density at radius 2 is 1.95 bits per heavy atom. The molecule has 0 aromatic heterocycles. The molecule has 0 aliphatic rings.